The first-order valence-electron chi connectivity index (χ1n) is 12.6. The van der Waals surface area contributed by atoms with Gasteiger partial charge in [0.05, 0.1) is 36.3 Å². The van der Waals surface area contributed by atoms with Crippen molar-refractivity contribution in [3.63, 3.8) is 0 Å². The van der Waals surface area contributed by atoms with Gasteiger partial charge in [0.2, 0.25) is 0 Å². The second-order valence-electron chi connectivity index (χ2n) is 9.34. The molecule has 0 aliphatic heterocycles. The van der Waals surface area contributed by atoms with Crippen LogP contribution in [0, 0.1) is 27.7 Å². The Morgan fingerprint density at radius 1 is 0.513 bits per heavy atom. The number of rotatable bonds is 4. The van der Waals surface area contributed by atoms with E-state index in [2.05, 4.69) is 59.8 Å². The van der Waals surface area contributed by atoms with Gasteiger partial charge in [-0.2, -0.15) is 0 Å². The minimum absolute atomic E-state index is 0. The Bertz CT molecular complexity index is 1550. The molecule has 2 heterocycles. The summed E-state index contributed by atoms with van der Waals surface area (Å²) >= 11 is 0. The molecule has 6 aromatic rings. The van der Waals surface area contributed by atoms with Crippen LogP contribution >= 0.6 is 0 Å². The zero-order valence-electron chi connectivity index (χ0n) is 23.1. The molecule has 0 bridgehead atoms. The van der Waals surface area contributed by atoms with Crippen LogP contribution in [0.1, 0.15) is 22.3 Å². The van der Waals surface area contributed by atoms with Gasteiger partial charge < -0.3 is 24.9 Å². The monoisotopic (exact) mass is 522 g/mol. The number of H-pyrrole nitrogens is 2. The van der Waals surface area contributed by atoms with Gasteiger partial charge in [0.1, 0.15) is 23.1 Å². The van der Waals surface area contributed by atoms with Gasteiger partial charge in [-0.1, -0.05) is 24.3 Å². The number of hydrogen-bond donors (Lipinski definition) is 2. The smallest absolute Gasteiger partial charge is 0.138 e. The molecule has 2 aromatic heterocycles. The van der Waals surface area contributed by atoms with Gasteiger partial charge in [0, 0.05) is 11.1 Å². The molecule has 0 radical (unpaired) electrons. The summed E-state index contributed by atoms with van der Waals surface area (Å²) in [5, 5.41) is 0. The zero-order valence-corrected chi connectivity index (χ0v) is 23.1. The van der Waals surface area contributed by atoms with Crippen molar-refractivity contribution in [2.45, 2.75) is 27.7 Å². The van der Waals surface area contributed by atoms with E-state index < -0.39 is 0 Å². The summed E-state index contributed by atoms with van der Waals surface area (Å²) < 4.78 is 10.7. The molecule has 200 valence electrons. The second kappa shape index (κ2) is 11.4. The lowest BCUT2D eigenvalue weighted by atomic mass is 10.0. The summed E-state index contributed by atoms with van der Waals surface area (Å²) in [6.45, 7) is 8.33. The van der Waals surface area contributed by atoms with Gasteiger partial charge in [0.25, 0.3) is 0 Å². The first kappa shape index (κ1) is 27.4. The van der Waals surface area contributed by atoms with Crippen molar-refractivity contribution in [1.82, 2.24) is 19.9 Å². The third-order valence-electron chi connectivity index (χ3n) is 7.20. The number of benzene rings is 4. The number of methoxy groups -OCH3 is 2. The fraction of sp³-hybridized carbons (Fsp3) is 0.188. The van der Waals surface area contributed by atoms with Crippen LogP contribution in [0.5, 0.6) is 11.5 Å². The van der Waals surface area contributed by atoms with E-state index in [0.717, 1.165) is 67.5 Å². The highest BCUT2D eigenvalue weighted by Crippen LogP contribution is 2.31. The van der Waals surface area contributed by atoms with Crippen LogP contribution in [0.4, 0.5) is 0 Å². The van der Waals surface area contributed by atoms with Crippen LogP contribution in [0.15, 0.2) is 72.8 Å². The molecule has 0 aliphatic carbocycles. The van der Waals surface area contributed by atoms with Crippen LogP contribution in [-0.2, 0) is 0 Å². The number of ether oxygens (including phenoxy) is 2. The number of aromatic amines is 2. The summed E-state index contributed by atoms with van der Waals surface area (Å²) in [5.41, 5.74) is 11.0. The summed E-state index contributed by atoms with van der Waals surface area (Å²) in [7, 11) is 3.39. The first-order chi connectivity index (χ1) is 18.4. The summed E-state index contributed by atoms with van der Waals surface area (Å²) in [6.07, 6.45) is 0. The predicted molar refractivity (Wildman–Crippen MR) is 159 cm³/mol. The molecule has 0 amide bonds. The van der Waals surface area contributed by atoms with Crippen LogP contribution in [-0.4, -0.2) is 39.6 Å². The quantitative estimate of drug-likeness (QED) is 0.263. The number of nitrogens with zero attached hydrogens (tertiary/aromatic N) is 2. The van der Waals surface area contributed by atoms with Gasteiger partial charge in [0.15, 0.2) is 0 Å². The zero-order chi connectivity index (χ0) is 26.8. The van der Waals surface area contributed by atoms with Gasteiger partial charge in [-0.25, -0.2) is 9.97 Å². The number of aromatic nitrogens is 4. The molecule has 7 nitrogen and oxygen atoms in total. The van der Waals surface area contributed by atoms with E-state index in [1.165, 1.54) is 11.1 Å². The highest BCUT2D eigenvalue weighted by atomic mass is 16.5. The standard InChI is InChI=1S/2C16H16N2O.H2O/c2*1-10-11(2)15(19-3)9-8-12(10)16-17-13-6-4-5-7-14(13)18-16;/h2*4-9H,1-3H3,(H,17,18);1H2. The lowest BCUT2D eigenvalue weighted by Crippen LogP contribution is -1.93. The third kappa shape index (κ3) is 5.22. The van der Waals surface area contributed by atoms with Crippen LogP contribution in [0.3, 0.4) is 0 Å². The first-order valence-corrected chi connectivity index (χ1v) is 12.6. The largest absolute Gasteiger partial charge is 0.496 e. The van der Waals surface area contributed by atoms with Crippen molar-refractivity contribution >= 4 is 22.1 Å². The maximum Gasteiger partial charge on any atom is 0.138 e. The van der Waals surface area contributed by atoms with Crippen LogP contribution in [0.25, 0.3) is 44.8 Å². The molecule has 0 spiro atoms. The van der Waals surface area contributed by atoms with Crippen molar-refractivity contribution in [3.05, 3.63) is 95.1 Å². The minimum Gasteiger partial charge on any atom is -0.496 e. The molecule has 4 N–H and O–H groups in total. The highest BCUT2D eigenvalue weighted by molar-refractivity contribution is 5.81. The molecule has 39 heavy (non-hydrogen) atoms. The normalized spacial score (nSPS) is 10.6. The van der Waals surface area contributed by atoms with Gasteiger partial charge in [-0.15, -0.1) is 0 Å². The van der Waals surface area contributed by atoms with Crippen LogP contribution in [0.2, 0.25) is 0 Å². The number of para-hydroxylation sites is 4. The third-order valence-corrected chi connectivity index (χ3v) is 7.20. The van der Waals surface area contributed by atoms with E-state index in [9.17, 15) is 0 Å². The predicted octanol–water partition coefficient (Wildman–Crippen LogP) is 6.89. The lowest BCUT2D eigenvalue weighted by molar-refractivity contribution is 0.411. The Morgan fingerprint density at radius 2 is 0.897 bits per heavy atom. The Hall–Kier alpha value is -4.62. The topological polar surface area (TPSA) is 107 Å². The average Bonchev–Trinajstić information content (AvgIpc) is 3.56. The Labute approximate surface area is 228 Å². The molecule has 0 aliphatic rings. The van der Waals surface area contributed by atoms with E-state index in [0.29, 0.717) is 0 Å². The maximum absolute atomic E-state index is 5.34. The molecule has 0 fully saturated rings. The molecule has 4 aromatic carbocycles. The van der Waals surface area contributed by atoms with Crippen molar-refractivity contribution in [3.8, 4) is 34.3 Å². The van der Waals surface area contributed by atoms with E-state index >= 15 is 0 Å². The fourth-order valence-electron chi connectivity index (χ4n) is 4.71. The molecule has 0 unspecified atom stereocenters. The van der Waals surface area contributed by atoms with Crippen molar-refractivity contribution in [2.75, 3.05) is 14.2 Å². The molecular weight excluding hydrogens is 488 g/mol. The maximum atomic E-state index is 5.34. The molecule has 7 heteroatoms. The SMILES string of the molecule is COc1ccc(-c2nc3ccccc3[nH]2)c(C)c1C.COc1ccc(-c2nc3ccccc3[nH]2)c(C)c1C.O. The van der Waals surface area contributed by atoms with Crippen molar-refractivity contribution in [2.24, 2.45) is 0 Å². The van der Waals surface area contributed by atoms with E-state index in [-0.39, 0.29) is 5.48 Å². The molecular formula is C32H34N4O3. The van der Waals surface area contributed by atoms with E-state index in [1.54, 1.807) is 14.2 Å². The Balaban J connectivity index is 0.000000176. The average molecular weight is 523 g/mol. The molecule has 0 saturated carbocycles. The molecule has 0 atom stereocenters. The Morgan fingerprint density at radius 3 is 1.26 bits per heavy atom. The molecule has 0 saturated heterocycles. The fourth-order valence-corrected chi connectivity index (χ4v) is 4.71. The van der Waals surface area contributed by atoms with Gasteiger partial charge >= 0.3 is 0 Å². The molecule has 6 rings (SSSR count). The summed E-state index contributed by atoms with van der Waals surface area (Å²) in [5.74, 6) is 3.64. The summed E-state index contributed by atoms with van der Waals surface area (Å²) in [4.78, 5) is 16.0. The van der Waals surface area contributed by atoms with E-state index in [4.69, 9.17) is 9.47 Å². The van der Waals surface area contributed by atoms with Gasteiger partial charge in [-0.05, 0) is 98.5 Å². The van der Waals surface area contributed by atoms with Gasteiger partial charge in [-0.3, -0.25) is 0 Å². The minimum atomic E-state index is 0. The van der Waals surface area contributed by atoms with Crippen LogP contribution < -0.4 is 9.47 Å². The second-order valence-corrected chi connectivity index (χ2v) is 9.34. The number of fused-ring (bicyclic) bond motifs is 2. The van der Waals surface area contributed by atoms with E-state index in [1.807, 2.05) is 60.7 Å². The summed E-state index contributed by atoms with van der Waals surface area (Å²) in [6, 6.07) is 24.2. The lowest BCUT2D eigenvalue weighted by Gasteiger charge is -2.10. The number of imidazole rings is 2. The highest BCUT2D eigenvalue weighted by Gasteiger charge is 2.13. The Kier molecular flexibility index (Phi) is 8.02. The van der Waals surface area contributed by atoms with Crippen molar-refractivity contribution in [1.29, 1.82) is 0 Å². The number of nitrogens with one attached hydrogen (secondary N) is 2. The van der Waals surface area contributed by atoms with Crippen molar-refractivity contribution < 1.29 is 14.9 Å². The number of hydrogen-bond acceptors (Lipinski definition) is 4.